The molecule has 0 fully saturated rings. The third-order valence-electron chi connectivity index (χ3n) is 5.12. The molecule has 1 aliphatic rings. The first-order valence-electron chi connectivity index (χ1n) is 10.0. The van der Waals surface area contributed by atoms with Crippen LogP contribution in [-0.2, 0) is 14.3 Å². The van der Waals surface area contributed by atoms with Gasteiger partial charge in [0.25, 0.3) is 5.56 Å². The van der Waals surface area contributed by atoms with E-state index in [4.69, 9.17) is 21.1 Å². The maximum absolute atomic E-state index is 13.6. The van der Waals surface area contributed by atoms with Crippen LogP contribution in [0.2, 0.25) is 5.02 Å². The smallest absolute Gasteiger partial charge is 0.338 e. The van der Waals surface area contributed by atoms with Crippen molar-refractivity contribution in [3.8, 4) is 5.75 Å². The van der Waals surface area contributed by atoms with Crippen LogP contribution in [0.25, 0.3) is 6.08 Å². The Bertz CT molecular complexity index is 1520. The monoisotopic (exact) mass is 560 g/mol. The van der Waals surface area contributed by atoms with E-state index >= 15 is 0 Å². The van der Waals surface area contributed by atoms with Crippen molar-refractivity contribution in [3.63, 3.8) is 0 Å². The van der Waals surface area contributed by atoms with Gasteiger partial charge in [0.15, 0.2) is 4.80 Å². The molecule has 4 rings (SSSR count). The number of benzene rings is 2. The lowest BCUT2D eigenvalue weighted by atomic mass is 9.96. The lowest BCUT2D eigenvalue weighted by Gasteiger charge is -2.24. The van der Waals surface area contributed by atoms with Gasteiger partial charge in [-0.15, -0.1) is 0 Å². The lowest BCUT2D eigenvalue weighted by molar-refractivity contribution is -0.136. The Hall–Kier alpha value is -3.01. The average Bonchev–Trinajstić information content (AvgIpc) is 3.09. The minimum atomic E-state index is -0.737. The summed E-state index contributed by atoms with van der Waals surface area (Å²) in [5, 5.41) is 0.532. The topological polar surface area (TPSA) is 87.0 Å². The molecule has 1 aromatic heterocycles. The highest BCUT2D eigenvalue weighted by molar-refractivity contribution is 9.10. The van der Waals surface area contributed by atoms with Gasteiger partial charge < -0.3 is 9.47 Å². The first-order chi connectivity index (χ1) is 16.2. The fraction of sp³-hybridized carbons (Fsp3) is 0.167. The number of thiazole rings is 1. The van der Waals surface area contributed by atoms with Gasteiger partial charge in [0.1, 0.15) is 5.75 Å². The number of aromatic nitrogens is 1. The largest absolute Gasteiger partial charge is 0.466 e. The Morgan fingerprint density at radius 1 is 1.21 bits per heavy atom. The maximum atomic E-state index is 13.6. The van der Waals surface area contributed by atoms with Crippen molar-refractivity contribution in [2.45, 2.75) is 19.9 Å². The number of methoxy groups -OCH3 is 1. The predicted molar refractivity (Wildman–Crippen MR) is 133 cm³/mol. The van der Waals surface area contributed by atoms with E-state index in [1.807, 2.05) is 0 Å². The molecule has 1 atom stereocenters. The number of nitrogens with zero attached hydrogens (tertiary/aromatic N) is 2. The predicted octanol–water partition coefficient (Wildman–Crippen LogP) is 3.75. The highest BCUT2D eigenvalue weighted by Crippen LogP contribution is 2.31. The number of ether oxygens (including phenoxy) is 2. The minimum absolute atomic E-state index is 0.270. The zero-order valence-electron chi connectivity index (χ0n) is 18.3. The Balaban J connectivity index is 1.97. The standard InChI is InChI=1S/C24H18BrClN2O5S/c1-12-20(23(31)32-3)21(14-4-7-17(26)8-5-14)28-22(30)19(34-24(28)27-12)11-15-10-16(25)6-9-18(15)33-13(2)29/h4-11,21H,1-3H3/b19-11-. The SMILES string of the molecule is COC(=O)C1=C(C)N=c2s/c(=C\c3cc(Br)ccc3OC(C)=O)c(=O)n2C1c1ccc(Cl)cc1. The molecule has 34 heavy (non-hydrogen) atoms. The highest BCUT2D eigenvalue weighted by atomic mass is 79.9. The lowest BCUT2D eigenvalue weighted by Crippen LogP contribution is -2.39. The third kappa shape index (κ3) is 4.64. The van der Waals surface area contributed by atoms with E-state index in [2.05, 4.69) is 20.9 Å². The Morgan fingerprint density at radius 2 is 1.91 bits per heavy atom. The zero-order chi connectivity index (χ0) is 24.6. The molecule has 0 spiro atoms. The second-order valence-corrected chi connectivity index (χ2v) is 9.76. The average molecular weight is 562 g/mol. The number of allylic oxidation sites excluding steroid dienone is 1. The van der Waals surface area contributed by atoms with E-state index in [0.717, 1.165) is 4.47 Å². The molecule has 0 N–H and O–H groups in total. The van der Waals surface area contributed by atoms with Crippen LogP contribution in [0.3, 0.4) is 0 Å². The molecule has 2 heterocycles. The first kappa shape index (κ1) is 24.1. The van der Waals surface area contributed by atoms with Crippen molar-refractivity contribution in [1.29, 1.82) is 0 Å². The number of esters is 2. The van der Waals surface area contributed by atoms with Crippen molar-refractivity contribution < 1.29 is 19.1 Å². The van der Waals surface area contributed by atoms with Crippen LogP contribution >= 0.6 is 38.9 Å². The van der Waals surface area contributed by atoms with E-state index in [0.29, 0.717) is 36.9 Å². The molecule has 0 aliphatic carbocycles. The van der Waals surface area contributed by atoms with E-state index < -0.39 is 18.0 Å². The van der Waals surface area contributed by atoms with Crippen LogP contribution < -0.4 is 19.6 Å². The Kier molecular flexibility index (Phi) is 6.88. The van der Waals surface area contributed by atoms with Gasteiger partial charge >= 0.3 is 11.9 Å². The second kappa shape index (κ2) is 9.69. The van der Waals surface area contributed by atoms with Crippen LogP contribution in [0, 0.1) is 0 Å². The van der Waals surface area contributed by atoms with E-state index in [9.17, 15) is 14.4 Å². The van der Waals surface area contributed by atoms with Crippen molar-refractivity contribution in [3.05, 3.63) is 94.0 Å². The molecule has 3 aromatic rings. The molecule has 7 nitrogen and oxygen atoms in total. The fourth-order valence-corrected chi connectivity index (χ4v) is 5.22. The zero-order valence-corrected chi connectivity index (χ0v) is 21.5. The van der Waals surface area contributed by atoms with E-state index in [1.165, 1.54) is 29.9 Å². The van der Waals surface area contributed by atoms with Gasteiger partial charge in [-0.05, 0) is 48.9 Å². The van der Waals surface area contributed by atoms with Gasteiger partial charge in [-0.1, -0.05) is 51.0 Å². The van der Waals surface area contributed by atoms with Crippen molar-refractivity contribution in [2.75, 3.05) is 7.11 Å². The summed E-state index contributed by atoms with van der Waals surface area (Å²) in [6.07, 6.45) is 1.64. The normalized spacial score (nSPS) is 15.6. The van der Waals surface area contributed by atoms with Crippen molar-refractivity contribution >= 4 is 56.9 Å². The molecule has 0 saturated heterocycles. The molecular formula is C24H18BrClN2O5S. The summed E-state index contributed by atoms with van der Waals surface area (Å²) in [6, 6.07) is 11.3. The number of fused-ring (bicyclic) bond motifs is 1. The molecule has 1 aliphatic heterocycles. The van der Waals surface area contributed by atoms with E-state index in [-0.39, 0.29) is 11.1 Å². The number of hydrogen-bond donors (Lipinski definition) is 0. The molecule has 174 valence electrons. The molecule has 0 bridgehead atoms. The van der Waals surface area contributed by atoms with Gasteiger partial charge in [0, 0.05) is 22.0 Å². The van der Waals surface area contributed by atoms with Gasteiger partial charge in [-0.2, -0.15) is 0 Å². The van der Waals surface area contributed by atoms with Gasteiger partial charge in [0.2, 0.25) is 0 Å². The third-order valence-corrected chi connectivity index (χ3v) is 6.85. The molecule has 1 unspecified atom stereocenters. The fourth-order valence-electron chi connectivity index (χ4n) is 3.67. The maximum Gasteiger partial charge on any atom is 0.338 e. The quantitative estimate of drug-likeness (QED) is 0.358. The number of rotatable bonds is 4. The molecule has 10 heteroatoms. The van der Waals surface area contributed by atoms with Crippen LogP contribution in [0.1, 0.15) is 31.0 Å². The Labute approximate surface area is 211 Å². The summed E-state index contributed by atoms with van der Waals surface area (Å²) in [5.74, 6) is -0.721. The summed E-state index contributed by atoms with van der Waals surface area (Å²) in [7, 11) is 1.29. The molecule has 2 aromatic carbocycles. The van der Waals surface area contributed by atoms with Crippen molar-refractivity contribution in [1.82, 2.24) is 4.57 Å². The summed E-state index contributed by atoms with van der Waals surface area (Å²) in [5.41, 5.74) is 1.62. The van der Waals surface area contributed by atoms with Crippen LogP contribution in [0.15, 0.2) is 68.0 Å². The number of halogens is 2. The first-order valence-corrected chi connectivity index (χ1v) is 12.0. The highest BCUT2D eigenvalue weighted by Gasteiger charge is 2.33. The minimum Gasteiger partial charge on any atom is -0.466 e. The van der Waals surface area contributed by atoms with Gasteiger partial charge in [-0.3, -0.25) is 14.2 Å². The van der Waals surface area contributed by atoms with Crippen LogP contribution in [0.5, 0.6) is 5.75 Å². The van der Waals surface area contributed by atoms with Gasteiger partial charge in [-0.25, -0.2) is 9.79 Å². The van der Waals surface area contributed by atoms with Crippen LogP contribution in [0.4, 0.5) is 0 Å². The molecule has 0 amide bonds. The number of carbonyl (C=O) groups excluding carboxylic acids is 2. The number of carbonyl (C=O) groups is 2. The second-order valence-electron chi connectivity index (χ2n) is 7.40. The molecule has 0 radical (unpaired) electrons. The molecule has 0 saturated carbocycles. The Morgan fingerprint density at radius 3 is 2.56 bits per heavy atom. The van der Waals surface area contributed by atoms with Crippen LogP contribution in [-0.4, -0.2) is 23.6 Å². The summed E-state index contributed by atoms with van der Waals surface area (Å²) in [4.78, 5) is 42.8. The van der Waals surface area contributed by atoms with E-state index in [1.54, 1.807) is 55.5 Å². The summed E-state index contributed by atoms with van der Waals surface area (Å²) < 4.78 is 12.9. The van der Waals surface area contributed by atoms with Crippen molar-refractivity contribution in [2.24, 2.45) is 4.99 Å². The van der Waals surface area contributed by atoms with Gasteiger partial charge in [0.05, 0.1) is 29.0 Å². The molecular weight excluding hydrogens is 544 g/mol. The summed E-state index contributed by atoms with van der Waals surface area (Å²) in [6.45, 7) is 3.02. The summed E-state index contributed by atoms with van der Waals surface area (Å²) >= 11 is 10.6. The number of hydrogen-bond acceptors (Lipinski definition) is 7.